The molecular formula is C25H36N4O3. The Morgan fingerprint density at radius 3 is 2.31 bits per heavy atom. The lowest BCUT2D eigenvalue weighted by molar-refractivity contribution is -0.135. The number of amides is 2. The van der Waals surface area contributed by atoms with Crippen LogP contribution in [0.4, 0.5) is 0 Å². The van der Waals surface area contributed by atoms with E-state index in [-0.39, 0.29) is 11.8 Å². The summed E-state index contributed by atoms with van der Waals surface area (Å²) in [6.45, 7) is 9.51. The van der Waals surface area contributed by atoms with Crippen molar-refractivity contribution in [1.29, 1.82) is 0 Å². The number of piperazine rings is 2. The van der Waals surface area contributed by atoms with Crippen LogP contribution in [-0.2, 0) is 9.59 Å². The second-order valence-corrected chi connectivity index (χ2v) is 8.91. The van der Waals surface area contributed by atoms with Crippen molar-refractivity contribution < 1.29 is 14.3 Å². The molecule has 2 amide bonds. The van der Waals surface area contributed by atoms with Crippen molar-refractivity contribution in [3.05, 3.63) is 35.9 Å². The van der Waals surface area contributed by atoms with Crippen LogP contribution in [0.1, 0.15) is 31.7 Å². The monoisotopic (exact) mass is 440 g/mol. The molecule has 0 bridgehead atoms. The number of benzene rings is 1. The van der Waals surface area contributed by atoms with Crippen LogP contribution in [0.2, 0.25) is 0 Å². The van der Waals surface area contributed by atoms with Gasteiger partial charge < -0.3 is 14.5 Å². The van der Waals surface area contributed by atoms with Gasteiger partial charge in [0.2, 0.25) is 11.8 Å². The third kappa shape index (κ3) is 5.70. The van der Waals surface area contributed by atoms with Crippen LogP contribution in [-0.4, -0.2) is 103 Å². The number of hydrogen-bond donors (Lipinski definition) is 0. The zero-order valence-corrected chi connectivity index (χ0v) is 19.2. The quantitative estimate of drug-likeness (QED) is 0.607. The lowest BCUT2D eigenvalue weighted by Crippen LogP contribution is -2.56. The van der Waals surface area contributed by atoms with Crippen molar-refractivity contribution in [2.75, 3.05) is 65.5 Å². The zero-order valence-electron chi connectivity index (χ0n) is 19.2. The third-order valence-corrected chi connectivity index (χ3v) is 6.93. The molecule has 0 aromatic heterocycles. The van der Waals surface area contributed by atoms with Gasteiger partial charge in [0.15, 0.2) is 0 Å². The van der Waals surface area contributed by atoms with Gasteiger partial charge in [0.05, 0.1) is 13.2 Å². The molecule has 0 spiro atoms. The van der Waals surface area contributed by atoms with Gasteiger partial charge in [-0.3, -0.25) is 19.4 Å². The minimum Gasteiger partial charge on any atom is -0.493 e. The van der Waals surface area contributed by atoms with E-state index < -0.39 is 0 Å². The summed E-state index contributed by atoms with van der Waals surface area (Å²) in [5, 5.41) is 0. The molecule has 174 valence electrons. The van der Waals surface area contributed by atoms with Crippen LogP contribution in [0.15, 0.2) is 30.3 Å². The third-order valence-electron chi connectivity index (χ3n) is 6.93. The molecule has 0 unspecified atom stereocenters. The number of para-hydroxylation sites is 1. The first-order valence-electron chi connectivity index (χ1n) is 12.1. The maximum atomic E-state index is 12.7. The predicted octanol–water partition coefficient (Wildman–Crippen LogP) is 1.94. The molecule has 2 aliphatic heterocycles. The second-order valence-electron chi connectivity index (χ2n) is 8.91. The van der Waals surface area contributed by atoms with Gasteiger partial charge in [-0.2, -0.15) is 0 Å². The van der Waals surface area contributed by atoms with Crippen LogP contribution >= 0.6 is 0 Å². The van der Waals surface area contributed by atoms with Crippen molar-refractivity contribution in [1.82, 2.24) is 19.6 Å². The topological polar surface area (TPSA) is 56.3 Å². The lowest BCUT2D eigenvalue weighted by Gasteiger charge is -2.43. The molecule has 3 aliphatic rings. The van der Waals surface area contributed by atoms with Gasteiger partial charge in [-0.15, -0.1) is 0 Å². The molecular weight excluding hydrogens is 404 g/mol. The Hall–Kier alpha value is -2.38. The summed E-state index contributed by atoms with van der Waals surface area (Å²) in [5.74, 6) is 1.02. The maximum absolute atomic E-state index is 12.7. The van der Waals surface area contributed by atoms with Crippen molar-refractivity contribution in [2.45, 2.75) is 32.2 Å². The van der Waals surface area contributed by atoms with Gasteiger partial charge in [-0.05, 0) is 31.9 Å². The van der Waals surface area contributed by atoms with Gasteiger partial charge in [-0.1, -0.05) is 24.6 Å². The average molecular weight is 441 g/mol. The summed E-state index contributed by atoms with van der Waals surface area (Å²) in [6.07, 6.45) is 7.46. The predicted molar refractivity (Wildman–Crippen MR) is 125 cm³/mol. The van der Waals surface area contributed by atoms with E-state index in [4.69, 9.17) is 4.74 Å². The molecule has 32 heavy (non-hydrogen) atoms. The van der Waals surface area contributed by atoms with Crippen LogP contribution in [0, 0.1) is 0 Å². The first-order chi connectivity index (χ1) is 15.6. The average Bonchev–Trinajstić information content (AvgIpc) is 2.78. The number of ether oxygens (including phenoxy) is 1. The molecule has 0 atom stereocenters. The molecule has 0 N–H and O–H groups in total. The highest BCUT2D eigenvalue weighted by Gasteiger charge is 2.30. The lowest BCUT2D eigenvalue weighted by atomic mass is 9.91. The number of nitrogens with zero attached hydrogens (tertiary/aromatic N) is 4. The highest BCUT2D eigenvalue weighted by molar-refractivity contribution is 5.92. The molecule has 7 heteroatoms. The Balaban J connectivity index is 1.19. The highest BCUT2D eigenvalue weighted by atomic mass is 16.5. The molecule has 4 rings (SSSR count). The molecule has 2 heterocycles. The smallest absolute Gasteiger partial charge is 0.246 e. The summed E-state index contributed by atoms with van der Waals surface area (Å²) >= 11 is 0. The second kappa shape index (κ2) is 11.0. The van der Waals surface area contributed by atoms with E-state index in [0.29, 0.717) is 26.2 Å². The maximum Gasteiger partial charge on any atom is 0.246 e. The standard InChI is InChI=1S/C25H36N4O3/c1-2-32-23-9-4-3-6-21(23)10-11-24(30)28-14-12-26(13-15-28)20-25(31)29-18-16-27(17-19-29)22-7-5-8-22/h3-4,6,9-11,22H,2,5,7-8,12-20H2,1H3. The molecule has 2 saturated heterocycles. The van der Waals surface area contributed by atoms with Gasteiger partial charge in [0.1, 0.15) is 5.75 Å². The summed E-state index contributed by atoms with van der Waals surface area (Å²) in [5.41, 5.74) is 0.907. The molecule has 7 nitrogen and oxygen atoms in total. The van der Waals surface area contributed by atoms with Gasteiger partial charge in [0.25, 0.3) is 0 Å². The van der Waals surface area contributed by atoms with E-state index in [2.05, 4.69) is 9.80 Å². The molecule has 0 radical (unpaired) electrons. The summed E-state index contributed by atoms with van der Waals surface area (Å²) in [7, 11) is 0. The first kappa shape index (κ1) is 22.8. The van der Waals surface area contributed by atoms with Crippen molar-refractivity contribution in [3.8, 4) is 5.75 Å². The number of rotatable bonds is 7. The summed E-state index contributed by atoms with van der Waals surface area (Å²) in [6, 6.07) is 8.50. The van der Waals surface area contributed by atoms with Gasteiger partial charge in [0, 0.05) is 70.0 Å². The molecule has 1 saturated carbocycles. The Morgan fingerprint density at radius 2 is 1.66 bits per heavy atom. The van der Waals surface area contributed by atoms with Crippen molar-refractivity contribution >= 4 is 17.9 Å². The zero-order chi connectivity index (χ0) is 22.3. The number of carbonyl (C=O) groups excluding carboxylic acids is 2. The molecule has 1 aromatic carbocycles. The minimum absolute atomic E-state index is 0.00870. The Bertz CT molecular complexity index is 807. The van der Waals surface area contributed by atoms with Gasteiger partial charge in [-0.25, -0.2) is 0 Å². The molecule has 1 aliphatic carbocycles. The Kier molecular flexibility index (Phi) is 7.81. The van der Waals surface area contributed by atoms with E-state index in [9.17, 15) is 9.59 Å². The van der Waals surface area contributed by atoms with Gasteiger partial charge >= 0.3 is 0 Å². The molecule has 1 aromatic rings. The Labute approximate surface area is 191 Å². The van der Waals surface area contributed by atoms with E-state index in [1.807, 2.05) is 47.1 Å². The van der Waals surface area contributed by atoms with E-state index in [1.165, 1.54) is 19.3 Å². The number of hydrogen-bond acceptors (Lipinski definition) is 5. The fourth-order valence-electron chi connectivity index (χ4n) is 4.68. The van der Waals surface area contributed by atoms with E-state index in [0.717, 1.165) is 56.6 Å². The summed E-state index contributed by atoms with van der Waals surface area (Å²) in [4.78, 5) is 34.0. The fraction of sp³-hybridized carbons (Fsp3) is 0.600. The van der Waals surface area contributed by atoms with Crippen LogP contribution in [0.25, 0.3) is 6.08 Å². The van der Waals surface area contributed by atoms with E-state index in [1.54, 1.807) is 6.08 Å². The molecule has 3 fully saturated rings. The number of carbonyl (C=O) groups is 2. The normalized spacial score (nSPS) is 21.0. The Morgan fingerprint density at radius 1 is 0.969 bits per heavy atom. The van der Waals surface area contributed by atoms with Crippen molar-refractivity contribution in [3.63, 3.8) is 0 Å². The highest BCUT2D eigenvalue weighted by Crippen LogP contribution is 2.25. The van der Waals surface area contributed by atoms with Crippen LogP contribution in [0.5, 0.6) is 5.75 Å². The summed E-state index contributed by atoms with van der Waals surface area (Å²) < 4.78 is 5.62. The fourth-order valence-corrected chi connectivity index (χ4v) is 4.68. The first-order valence-corrected chi connectivity index (χ1v) is 12.1. The minimum atomic E-state index is 0.00870. The SMILES string of the molecule is CCOc1ccccc1C=CC(=O)N1CCN(CC(=O)N2CCN(C3CCC3)CC2)CC1. The largest absolute Gasteiger partial charge is 0.493 e. The van der Waals surface area contributed by atoms with E-state index >= 15 is 0 Å². The van der Waals surface area contributed by atoms with Crippen LogP contribution in [0.3, 0.4) is 0 Å². The van der Waals surface area contributed by atoms with Crippen LogP contribution < -0.4 is 4.74 Å². The van der Waals surface area contributed by atoms with Crippen molar-refractivity contribution in [2.24, 2.45) is 0 Å².